The molecule has 1 aromatic rings. The van der Waals surface area contributed by atoms with Crippen LogP contribution in [0.4, 0.5) is 4.79 Å². The van der Waals surface area contributed by atoms with Crippen LogP contribution in [0.25, 0.3) is 0 Å². The number of likely N-dealkylation sites (tertiary alicyclic amines) is 1. The van der Waals surface area contributed by atoms with Gasteiger partial charge in [-0.1, -0.05) is 49.9 Å². The first-order valence-electron chi connectivity index (χ1n) is 9.99. The van der Waals surface area contributed by atoms with Gasteiger partial charge in [0.25, 0.3) is 5.24 Å². The van der Waals surface area contributed by atoms with Crippen molar-refractivity contribution in [3.8, 4) is 0 Å². The van der Waals surface area contributed by atoms with Gasteiger partial charge in [0, 0.05) is 51.4 Å². The third kappa shape index (κ3) is 5.98. The third-order valence-electron chi connectivity index (χ3n) is 5.39. The van der Waals surface area contributed by atoms with E-state index in [1.807, 2.05) is 6.07 Å². The van der Waals surface area contributed by atoms with E-state index in [4.69, 9.17) is 0 Å². The molecule has 0 unspecified atom stereocenters. The molecule has 1 N–H and O–H groups in total. The summed E-state index contributed by atoms with van der Waals surface area (Å²) in [6.45, 7) is 9.72. The van der Waals surface area contributed by atoms with Crippen LogP contribution in [0.15, 0.2) is 24.3 Å². The number of hydrogen-bond donors (Lipinski definition) is 1. The number of carbonyl (C=O) groups excluding carboxylic acids is 2. The molecule has 5 nitrogen and oxygen atoms in total. The lowest BCUT2D eigenvalue weighted by Gasteiger charge is -2.35. The predicted octanol–water partition coefficient (Wildman–Crippen LogP) is 3.34. The van der Waals surface area contributed by atoms with Gasteiger partial charge in [0.2, 0.25) is 5.91 Å². The molecule has 0 aromatic heterocycles. The molecule has 2 aliphatic heterocycles. The Balaban J connectivity index is 1.50. The maximum atomic E-state index is 12.2. The highest BCUT2D eigenvalue weighted by Gasteiger charge is 2.23. The molecule has 0 spiro atoms. The Hall–Kier alpha value is -1.53. The molecule has 0 radical (unpaired) electrons. The van der Waals surface area contributed by atoms with Crippen LogP contribution in [0.1, 0.15) is 37.8 Å². The first-order valence-corrected chi connectivity index (χ1v) is 11.0. The van der Waals surface area contributed by atoms with Gasteiger partial charge in [-0.2, -0.15) is 0 Å². The molecule has 2 heterocycles. The minimum absolute atomic E-state index is 0.00900. The van der Waals surface area contributed by atoms with E-state index in [0.717, 1.165) is 43.8 Å². The molecule has 2 saturated heterocycles. The molecule has 2 atom stereocenters. The average Bonchev–Trinajstić information content (AvgIpc) is 3.03. The standard InChI is InChI=1S/C21H31N3O2S/c1-16-11-17(2)14-23(13-16)15-19-6-4-3-5-18(19)12-22-20(25)7-8-24-9-10-27-21(24)26/h3-6,16-17H,7-15H2,1-2H3,(H,22,25)/t16-,17-/m0/s1. The number of nitrogens with zero attached hydrogens (tertiary/aromatic N) is 2. The van der Waals surface area contributed by atoms with Crippen molar-refractivity contribution in [3.05, 3.63) is 35.4 Å². The lowest BCUT2D eigenvalue weighted by molar-refractivity contribution is -0.121. The third-order valence-corrected chi connectivity index (χ3v) is 6.28. The van der Waals surface area contributed by atoms with Crippen molar-refractivity contribution >= 4 is 22.9 Å². The van der Waals surface area contributed by atoms with Crippen LogP contribution in [-0.2, 0) is 17.9 Å². The lowest BCUT2D eigenvalue weighted by Crippen LogP contribution is -2.38. The van der Waals surface area contributed by atoms with E-state index in [9.17, 15) is 9.59 Å². The summed E-state index contributed by atoms with van der Waals surface area (Å²) in [5.41, 5.74) is 2.48. The summed E-state index contributed by atoms with van der Waals surface area (Å²) in [4.78, 5) is 28.1. The normalized spacial score (nSPS) is 23.6. The number of rotatable bonds is 7. The molecule has 0 bridgehead atoms. The zero-order valence-electron chi connectivity index (χ0n) is 16.4. The monoisotopic (exact) mass is 389 g/mol. The topological polar surface area (TPSA) is 52.7 Å². The maximum Gasteiger partial charge on any atom is 0.281 e. The largest absolute Gasteiger partial charge is 0.352 e. The zero-order chi connectivity index (χ0) is 19.2. The van der Waals surface area contributed by atoms with Gasteiger partial charge in [-0.3, -0.25) is 14.5 Å². The fraction of sp³-hybridized carbons (Fsp3) is 0.619. The molecule has 27 heavy (non-hydrogen) atoms. The molecule has 3 rings (SSSR count). The Morgan fingerprint density at radius 1 is 1.19 bits per heavy atom. The first-order chi connectivity index (χ1) is 13.0. The van der Waals surface area contributed by atoms with Gasteiger partial charge in [-0.15, -0.1) is 0 Å². The van der Waals surface area contributed by atoms with Crippen molar-refractivity contribution in [1.82, 2.24) is 15.1 Å². The van der Waals surface area contributed by atoms with E-state index in [1.165, 1.54) is 29.3 Å². The molecular formula is C21H31N3O2S. The molecule has 6 heteroatoms. The number of hydrogen-bond acceptors (Lipinski definition) is 4. The summed E-state index contributed by atoms with van der Waals surface area (Å²) < 4.78 is 0. The summed E-state index contributed by atoms with van der Waals surface area (Å²) in [5.74, 6) is 2.33. The maximum absolute atomic E-state index is 12.2. The number of nitrogens with one attached hydrogen (secondary N) is 1. The fourth-order valence-corrected chi connectivity index (χ4v) is 5.05. The SMILES string of the molecule is C[C@H]1C[C@H](C)CN(Cc2ccccc2CNC(=O)CCN2CCSC2=O)C1. The van der Waals surface area contributed by atoms with Gasteiger partial charge in [0.15, 0.2) is 0 Å². The second kappa shape index (κ2) is 9.60. The van der Waals surface area contributed by atoms with E-state index in [0.29, 0.717) is 19.5 Å². The average molecular weight is 390 g/mol. The van der Waals surface area contributed by atoms with Crippen LogP contribution < -0.4 is 5.32 Å². The van der Waals surface area contributed by atoms with Crippen LogP contribution in [0.5, 0.6) is 0 Å². The molecular weight excluding hydrogens is 358 g/mol. The molecule has 2 amide bonds. The highest BCUT2D eigenvalue weighted by atomic mass is 32.2. The van der Waals surface area contributed by atoms with Crippen LogP contribution in [0.2, 0.25) is 0 Å². The van der Waals surface area contributed by atoms with Gasteiger partial charge in [0.1, 0.15) is 0 Å². The quantitative estimate of drug-likeness (QED) is 0.777. The van der Waals surface area contributed by atoms with Crippen molar-refractivity contribution in [2.24, 2.45) is 11.8 Å². The Morgan fingerprint density at radius 3 is 2.56 bits per heavy atom. The molecule has 1 aromatic carbocycles. The van der Waals surface area contributed by atoms with Gasteiger partial charge in [-0.25, -0.2) is 0 Å². The van der Waals surface area contributed by atoms with Crippen molar-refractivity contribution in [1.29, 1.82) is 0 Å². The Bertz CT molecular complexity index is 657. The number of amides is 2. The first kappa shape index (κ1) is 20.2. The van der Waals surface area contributed by atoms with Crippen LogP contribution in [-0.4, -0.2) is 52.9 Å². The van der Waals surface area contributed by atoms with E-state index < -0.39 is 0 Å². The summed E-state index contributed by atoms with van der Waals surface area (Å²) >= 11 is 1.34. The minimum Gasteiger partial charge on any atom is -0.352 e. The van der Waals surface area contributed by atoms with E-state index in [1.54, 1.807) is 4.90 Å². The van der Waals surface area contributed by atoms with Crippen LogP contribution in [0.3, 0.4) is 0 Å². The molecule has 0 saturated carbocycles. The molecule has 2 aliphatic rings. The summed E-state index contributed by atoms with van der Waals surface area (Å²) in [7, 11) is 0. The second-order valence-corrected chi connectivity index (χ2v) is 9.08. The fourth-order valence-electron chi connectivity index (χ4n) is 4.19. The molecule has 148 valence electrons. The number of benzene rings is 1. The van der Waals surface area contributed by atoms with Gasteiger partial charge < -0.3 is 10.2 Å². The highest BCUT2D eigenvalue weighted by Crippen LogP contribution is 2.23. The van der Waals surface area contributed by atoms with Gasteiger partial charge >= 0.3 is 0 Å². The number of carbonyl (C=O) groups is 2. The smallest absolute Gasteiger partial charge is 0.281 e. The van der Waals surface area contributed by atoms with Crippen molar-refractivity contribution < 1.29 is 9.59 Å². The van der Waals surface area contributed by atoms with Gasteiger partial charge in [0.05, 0.1) is 0 Å². The molecule has 2 fully saturated rings. The number of piperidine rings is 1. The van der Waals surface area contributed by atoms with Crippen LogP contribution >= 0.6 is 11.8 Å². The van der Waals surface area contributed by atoms with Crippen LogP contribution in [0, 0.1) is 11.8 Å². The van der Waals surface area contributed by atoms with E-state index in [2.05, 4.69) is 42.3 Å². The van der Waals surface area contributed by atoms with Crippen molar-refractivity contribution in [2.45, 2.75) is 39.8 Å². The summed E-state index contributed by atoms with van der Waals surface area (Å²) in [6, 6.07) is 8.39. The minimum atomic E-state index is 0.00900. The zero-order valence-corrected chi connectivity index (χ0v) is 17.3. The second-order valence-electron chi connectivity index (χ2n) is 8.04. The van der Waals surface area contributed by atoms with Gasteiger partial charge in [-0.05, 0) is 29.4 Å². The lowest BCUT2D eigenvalue weighted by atomic mass is 9.91. The van der Waals surface area contributed by atoms with Crippen molar-refractivity contribution in [2.75, 3.05) is 31.9 Å². The number of thioether (sulfide) groups is 1. The van der Waals surface area contributed by atoms with E-state index >= 15 is 0 Å². The highest BCUT2D eigenvalue weighted by molar-refractivity contribution is 8.13. The summed E-state index contributed by atoms with van der Waals surface area (Å²) in [6.07, 6.45) is 1.68. The van der Waals surface area contributed by atoms with Crippen molar-refractivity contribution in [3.63, 3.8) is 0 Å². The summed E-state index contributed by atoms with van der Waals surface area (Å²) in [5, 5.41) is 3.13. The Kier molecular flexibility index (Phi) is 7.19. The Labute approximate surface area is 166 Å². The predicted molar refractivity (Wildman–Crippen MR) is 111 cm³/mol. The van der Waals surface area contributed by atoms with E-state index in [-0.39, 0.29) is 11.1 Å². The Morgan fingerprint density at radius 2 is 1.89 bits per heavy atom. The molecule has 0 aliphatic carbocycles.